The molecule has 2 aromatic rings. The van der Waals surface area contributed by atoms with Crippen molar-refractivity contribution in [2.45, 2.75) is 53.1 Å². The van der Waals surface area contributed by atoms with E-state index in [4.69, 9.17) is 0 Å². The number of nitrogens with two attached hydrogens (primary N) is 1. The zero-order valence-corrected chi connectivity index (χ0v) is 19.7. The van der Waals surface area contributed by atoms with Crippen molar-refractivity contribution < 1.29 is 10.1 Å². The summed E-state index contributed by atoms with van der Waals surface area (Å²) in [5.41, 5.74) is 7.62. The van der Waals surface area contributed by atoms with Crippen LogP contribution in [0.2, 0.25) is 0 Å². The molecule has 0 unspecified atom stereocenters. The monoisotopic (exact) mass is 430 g/mol. The summed E-state index contributed by atoms with van der Waals surface area (Å²) in [7, 11) is 0. The molecule has 0 bridgehead atoms. The van der Waals surface area contributed by atoms with E-state index in [0.717, 1.165) is 24.1 Å². The minimum Gasteiger partial charge on any atom is -0.328 e. The number of nitrogens with zero attached hydrogens (tertiary/aromatic N) is 1. The number of allylic oxidation sites excluding steroid dienone is 4. The minimum atomic E-state index is -0.361. The Balaban J connectivity index is 1.67. The predicted molar refractivity (Wildman–Crippen MR) is 132 cm³/mol. The Labute approximate surface area is 192 Å². The van der Waals surface area contributed by atoms with Crippen LogP contribution in [0.25, 0.3) is 0 Å². The molecule has 0 radical (unpaired) electrons. The first-order valence-electron chi connectivity index (χ1n) is 11.5. The number of rotatable bonds is 8. The van der Waals surface area contributed by atoms with E-state index in [1.807, 2.05) is 55.5 Å². The average molecular weight is 431 g/mol. The number of hydrogen-bond donors (Lipinski definition) is 2. The van der Waals surface area contributed by atoms with Crippen LogP contribution in [-0.4, -0.2) is 12.1 Å². The minimum absolute atomic E-state index is 0.120. The number of carbonyl (C=O) groups is 1. The first kappa shape index (κ1) is 23.7. The summed E-state index contributed by atoms with van der Waals surface area (Å²) in [4.78, 5) is 13.0. The molecule has 3 rings (SSSR count). The fraction of sp³-hybridized carbons (Fsp3) is 0.357. The van der Waals surface area contributed by atoms with Crippen molar-refractivity contribution >= 4 is 12.1 Å². The van der Waals surface area contributed by atoms with Gasteiger partial charge in [0.25, 0.3) is 0 Å². The van der Waals surface area contributed by atoms with Gasteiger partial charge in [-0.25, -0.2) is 5.43 Å². The number of hydrazone groups is 1. The second-order valence-electron chi connectivity index (χ2n) is 9.41. The lowest BCUT2D eigenvalue weighted by molar-refractivity contribution is -0.698. The molecule has 3 N–H and O–H groups in total. The molecule has 1 aliphatic carbocycles. The van der Waals surface area contributed by atoms with E-state index in [1.165, 1.54) is 17.6 Å². The van der Waals surface area contributed by atoms with E-state index in [1.54, 1.807) is 6.21 Å². The summed E-state index contributed by atoms with van der Waals surface area (Å²) in [5, 5.41) is 6.33. The number of benzene rings is 2. The number of nitrogens with one attached hydrogen (secondary N) is 1. The molecule has 0 aromatic heterocycles. The van der Waals surface area contributed by atoms with Gasteiger partial charge in [-0.2, -0.15) is 5.10 Å². The van der Waals surface area contributed by atoms with Crippen molar-refractivity contribution in [1.82, 2.24) is 5.43 Å². The average Bonchev–Trinajstić information content (AvgIpc) is 2.78. The lowest BCUT2D eigenvalue weighted by atomic mass is 9.68. The van der Waals surface area contributed by atoms with E-state index in [-0.39, 0.29) is 17.4 Å². The lowest BCUT2D eigenvalue weighted by Crippen LogP contribution is -2.86. The van der Waals surface area contributed by atoms with Gasteiger partial charge in [-0.3, -0.25) is 4.79 Å². The second kappa shape index (κ2) is 11.1. The molecule has 2 atom stereocenters. The molecule has 1 aliphatic rings. The Kier molecular flexibility index (Phi) is 8.18. The largest absolute Gasteiger partial charge is 0.328 e. The molecule has 168 valence electrons. The molecule has 1 amide bonds. The highest BCUT2D eigenvalue weighted by Crippen LogP contribution is 2.41. The van der Waals surface area contributed by atoms with Crippen molar-refractivity contribution in [1.29, 1.82) is 0 Å². The maximum atomic E-state index is 13.0. The smallest absolute Gasteiger partial charge is 0.303 e. The normalized spacial score (nSPS) is 19.4. The van der Waals surface area contributed by atoms with Gasteiger partial charge in [0.2, 0.25) is 0 Å². The third kappa shape index (κ3) is 6.51. The molecular formula is C28H36N3O+. The Morgan fingerprint density at radius 2 is 1.81 bits per heavy atom. The van der Waals surface area contributed by atoms with Crippen molar-refractivity contribution in [3.05, 3.63) is 95.1 Å². The van der Waals surface area contributed by atoms with Crippen LogP contribution >= 0.6 is 0 Å². The quantitative estimate of drug-likeness (QED) is 0.348. The van der Waals surface area contributed by atoms with Crippen molar-refractivity contribution in [3.8, 4) is 0 Å². The summed E-state index contributed by atoms with van der Waals surface area (Å²) >= 11 is 0. The van der Waals surface area contributed by atoms with Gasteiger partial charge in [-0.15, -0.1) is 0 Å². The third-order valence-corrected chi connectivity index (χ3v) is 6.33. The molecule has 0 saturated heterocycles. The molecule has 0 heterocycles. The van der Waals surface area contributed by atoms with Crippen LogP contribution in [-0.2, 0) is 11.3 Å². The summed E-state index contributed by atoms with van der Waals surface area (Å²) in [6, 6.07) is 19.7. The molecule has 2 aromatic carbocycles. The zero-order valence-electron chi connectivity index (χ0n) is 19.7. The van der Waals surface area contributed by atoms with Crippen molar-refractivity contribution in [2.24, 2.45) is 16.4 Å². The molecule has 0 spiro atoms. The van der Waals surface area contributed by atoms with Gasteiger partial charge >= 0.3 is 5.91 Å². The van der Waals surface area contributed by atoms with Crippen LogP contribution in [0.1, 0.15) is 57.7 Å². The molecule has 0 saturated carbocycles. The van der Waals surface area contributed by atoms with Gasteiger partial charge in [-0.1, -0.05) is 92.2 Å². The van der Waals surface area contributed by atoms with Gasteiger partial charge in [0.1, 0.15) is 6.54 Å². The number of quaternary nitrogens is 1. The van der Waals surface area contributed by atoms with Crippen molar-refractivity contribution in [3.63, 3.8) is 0 Å². The van der Waals surface area contributed by atoms with Crippen LogP contribution < -0.4 is 10.7 Å². The zero-order chi connectivity index (χ0) is 23.0. The molecule has 4 heteroatoms. The highest BCUT2D eigenvalue weighted by atomic mass is 16.2. The molecule has 0 fully saturated rings. The predicted octanol–water partition coefficient (Wildman–Crippen LogP) is 4.92. The SMILES string of the molecule is CC1=CCCC(C)(C)[C@H]1/C=C(\C)C=NNC(=O)[C@H]([NH2+]Cc1ccccc1)c1ccccc1. The van der Waals surface area contributed by atoms with E-state index in [2.05, 4.69) is 60.9 Å². The van der Waals surface area contributed by atoms with E-state index >= 15 is 0 Å². The Morgan fingerprint density at radius 3 is 2.47 bits per heavy atom. The van der Waals surface area contributed by atoms with Gasteiger partial charge in [0.05, 0.1) is 0 Å². The first-order chi connectivity index (χ1) is 15.4. The summed E-state index contributed by atoms with van der Waals surface area (Å²) in [5.74, 6) is 0.278. The van der Waals surface area contributed by atoms with Gasteiger partial charge < -0.3 is 5.32 Å². The molecule has 0 aliphatic heterocycles. The van der Waals surface area contributed by atoms with E-state index < -0.39 is 0 Å². The summed E-state index contributed by atoms with van der Waals surface area (Å²) in [6.07, 6.45) is 8.70. The standard InChI is InChI=1S/C28H35N3O/c1-21(18-25-22(2)12-11-17-28(25,3)4)19-30-31-27(32)26(24-15-9-6-10-16-24)29-20-23-13-7-5-8-14-23/h5-10,12-16,18-19,25-26,29H,11,17,20H2,1-4H3,(H,31,32)/p+1/b21-18+,30-19?/t25-,26+/m0/s1. The van der Waals surface area contributed by atoms with Gasteiger partial charge in [0, 0.05) is 23.3 Å². The van der Waals surface area contributed by atoms with E-state index in [0.29, 0.717) is 5.92 Å². The first-order valence-corrected chi connectivity index (χ1v) is 11.5. The topological polar surface area (TPSA) is 58.1 Å². The number of carbonyl (C=O) groups excluding carboxylic acids is 1. The maximum absolute atomic E-state index is 13.0. The summed E-state index contributed by atoms with van der Waals surface area (Å²) < 4.78 is 0. The van der Waals surface area contributed by atoms with Crippen LogP contribution in [0.5, 0.6) is 0 Å². The fourth-order valence-electron chi connectivity index (χ4n) is 4.42. The van der Waals surface area contributed by atoms with Crippen LogP contribution in [0.15, 0.2) is 89.1 Å². The Hall–Kier alpha value is -2.98. The van der Waals surface area contributed by atoms with Crippen LogP contribution in [0.3, 0.4) is 0 Å². The van der Waals surface area contributed by atoms with E-state index in [9.17, 15) is 4.79 Å². The fourth-order valence-corrected chi connectivity index (χ4v) is 4.42. The maximum Gasteiger partial charge on any atom is 0.303 e. The highest BCUT2D eigenvalue weighted by Gasteiger charge is 2.31. The lowest BCUT2D eigenvalue weighted by Gasteiger charge is -2.37. The van der Waals surface area contributed by atoms with Gasteiger partial charge in [0.15, 0.2) is 6.04 Å². The molecular weight excluding hydrogens is 394 g/mol. The second-order valence-corrected chi connectivity index (χ2v) is 9.41. The van der Waals surface area contributed by atoms with Crippen LogP contribution in [0, 0.1) is 11.3 Å². The van der Waals surface area contributed by atoms with Crippen molar-refractivity contribution in [2.75, 3.05) is 0 Å². The Bertz CT molecular complexity index is 974. The van der Waals surface area contributed by atoms with Gasteiger partial charge in [-0.05, 0) is 37.7 Å². The highest BCUT2D eigenvalue weighted by molar-refractivity contribution is 5.84. The van der Waals surface area contributed by atoms with Crippen LogP contribution in [0.4, 0.5) is 0 Å². The third-order valence-electron chi connectivity index (χ3n) is 6.33. The molecule has 32 heavy (non-hydrogen) atoms. The number of amides is 1. The molecule has 4 nitrogen and oxygen atoms in total. The number of hydrogen-bond acceptors (Lipinski definition) is 2. The summed E-state index contributed by atoms with van der Waals surface area (Å²) in [6.45, 7) is 9.62. The Morgan fingerprint density at radius 1 is 1.16 bits per heavy atom.